The lowest BCUT2D eigenvalue weighted by atomic mass is 10.2. The quantitative estimate of drug-likeness (QED) is 0.643. The zero-order valence-corrected chi connectivity index (χ0v) is 12.1. The molecule has 0 radical (unpaired) electrons. The van der Waals surface area contributed by atoms with E-state index >= 15 is 0 Å². The van der Waals surface area contributed by atoms with Gasteiger partial charge in [-0.05, 0) is 36.4 Å². The molecule has 3 aromatic rings. The second kappa shape index (κ2) is 6.61. The molecular weight excluding hydrogens is 296 g/mol. The van der Waals surface area contributed by atoms with Crippen molar-refractivity contribution in [3.05, 3.63) is 66.4 Å². The van der Waals surface area contributed by atoms with Gasteiger partial charge in [0.1, 0.15) is 23.7 Å². The molecule has 0 aliphatic heterocycles. The molecule has 0 amide bonds. The van der Waals surface area contributed by atoms with Crippen LogP contribution >= 0.6 is 0 Å². The van der Waals surface area contributed by atoms with E-state index in [2.05, 4.69) is 20.6 Å². The number of rotatable bonds is 6. The van der Waals surface area contributed by atoms with Crippen LogP contribution in [0.15, 0.2) is 59.5 Å². The van der Waals surface area contributed by atoms with Crippen LogP contribution in [-0.2, 0) is 6.54 Å². The van der Waals surface area contributed by atoms with Crippen molar-refractivity contribution in [2.45, 2.75) is 6.54 Å². The van der Waals surface area contributed by atoms with E-state index in [0.717, 1.165) is 11.4 Å². The van der Waals surface area contributed by atoms with Crippen LogP contribution in [0.1, 0.15) is 16.1 Å². The van der Waals surface area contributed by atoms with Gasteiger partial charge >= 0.3 is 5.97 Å². The summed E-state index contributed by atoms with van der Waals surface area (Å²) in [5, 5.41) is 15.1. The highest BCUT2D eigenvalue weighted by atomic mass is 16.4. The molecule has 2 aromatic heterocycles. The van der Waals surface area contributed by atoms with E-state index in [1.165, 1.54) is 18.5 Å². The average Bonchev–Trinajstić information content (AvgIpc) is 3.07. The number of anilines is 3. The number of carboxylic acid groups (broad SMARTS) is 1. The molecule has 0 aliphatic carbocycles. The van der Waals surface area contributed by atoms with Gasteiger partial charge in [-0.15, -0.1) is 0 Å². The molecule has 0 bridgehead atoms. The molecule has 116 valence electrons. The van der Waals surface area contributed by atoms with Crippen molar-refractivity contribution in [2.24, 2.45) is 0 Å². The predicted octanol–water partition coefficient (Wildman–Crippen LogP) is 3.12. The number of hydrogen-bond donors (Lipinski definition) is 3. The number of nitrogens with one attached hydrogen (secondary N) is 2. The lowest BCUT2D eigenvalue weighted by molar-refractivity contribution is 0.0697. The third-order valence-corrected chi connectivity index (χ3v) is 3.10. The van der Waals surface area contributed by atoms with Crippen LogP contribution in [-0.4, -0.2) is 21.0 Å². The number of hydrogen-bond acceptors (Lipinski definition) is 6. The van der Waals surface area contributed by atoms with E-state index in [0.29, 0.717) is 18.2 Å². The van der Waals surface area contributed by atoms with Crippen LogP contribution in [0.25, 0.3) is 0 Å². The van der Waals surface area contributed by atoms with Gasteiger partial charge in [-0.2, -0.15) is 0 Å². The number of aromatic carboxylic acids is 1. The van der Waals surface area contributed by atoms with Crippen molar-refractivity contribution in [1.82, 2.24) is 9.97 Å². The van der Waals surface area contributed by atoms with Crippen LogP contribution in [0.2, 0.25) is 0 Å². The molecule has 7 heteroatoms. The van der Waals surface area contributed by atoms with Crippen LogP contribution in [0.4, 0.5) is 17.3 Å². The fraction of sp³-hybridized carbons (Fsp3) is 0.0625. The first-order valence-corrected chi connectivity index (χ1v) is 6.89. The van der Waals surface area contributed by atoms with Gasteiger partial charge in [0.2, 0.25) is 0 Å². The molecular formula is C16H14N4O3. The van der Waals surface area contributed by atoms with E-state index in [9.17, 15) is 4.79 Å². The second-order valence-electron chi connectivity index (χ2n) is 4.73. The Bertz CT molecular complexity index is 785. The van der Waals surface area contributed by atoms with Crippen molar-refractivity contribution in [3.63, 3.8) is 0 Å². The molecule has 0 aliphatic rings. The molecule has 0 fully saturated rings. The Morgan fingerprint density at radius 3 is 2.61 bits per heavy atom. The smallest absolute Gasteiger partial charge is 0.335 e. The van der Waals surface area contributed by atoms with E-state index in [1.54, 1.807) is 24.5 Å². The van der Waals surface area contributed by atoms with Gasteiger partial charge in [0, 0.05) is 11.8 Å². The molecule has 23 heavy (non-hydrogen) atoms. The molecule has 0 saturated carbocycles. The van der Waals surface area contributed by atoms with Gasteiger partial charge in [0.05, 0.1) is 18.4 Å². The Balaban J connectivity index is 1.66. The Kier molecular flexibility index (Phi) is 4.19. The first-order valence-electron chi connectivity index (χ1n) is 6.89. The van der Waals surface area contributed by atoms with Gasteiger partial charge in [-0.1, -0.05) is 0 Å². The van der Waals surface area contributed by atoms with Gasteiger partial charge in [0.25, 0.3) is 0 Å². The summed E-state index contributed by atoms with van der Waals surface area (Å²) in [6.07, 6.45) is 3.06. The van der Waals surface area contributed by atoms with Gasteiger partial charge < -0.3 is 20.2 Å². The van der Waals surface area contributed by atoms with Crippen LogP contribution in [0.3, 0.4) is 0 Å². The van der Waals surface area contributed by atoms with Gasteiger partial charge in [0.15, 0.2) is 0 Å². The summed E-state index contributed by atoms with van der Waals surface area (Å²) in [7, 11) is 0. The lowest BCUT2D eigenvalue weighted by Gasteiger charge is -2.08. The van der Waals surface area contributed by atoms with Gasteiger partial charge in [-0.3, -0.25) is 0 Å². The third-order valence-electron chi connectivity index (χ3n) is 3.10. The summed E-state index contributed by atoms with van der Waals surface area (Å²) in [6, 6.07) is 11.9. The Labute approximate surface area is 132 Å². The average molecular weight is 310 g/mol. The normalized spacial score (nSPS) is 10.3. The van der Waals surface area contributed by atoms with E-state index in [1.807, 2.05) is 12.1 Å². The zero-order chi connectivity index (χ0) is 16.1. The molecule has 0 saturated heterocycles. The number of furan rings is 1. The van der Waals surface area contributed by atoms with E-state index in [-0.39, 0.29) is 5.56 Å². The lowest BCUT2D eigenvalue weighted by Crippen LogP contribution is -2.02. The van der Waals surface area contributed by atoms with E-state index in [4.69, 9.17) is 9.52 Å². The maximum absolute atomic E-state index is 10.8. The zero-order valence-electron chi connectivity index (χ0n) is 12.1. The summed E-state index contributed by atoms with van der Waals surface area (Å²) in [5.41, 5.74) is 0.977. The predicted molar refractivity (Wildman–Crippen MR) is 84.8 cm³/mol. The van der Waals surface area contributed by atoms with Crippen LogP contribution in [0, 0.1) is 0 Å². The number of carboxylic acids is 1. The summed E-state index contributed by atoms with van der Waals surface area (Å²) in [6.45, 7) is 0.525. The molecule has 2 heterocycles. The van der Waals surface area contributed by atoms with E-state index < -0.39 is 5.97 Å². The molecule has 1 aromatic carbocycles. The van der Waals surface area contributed by atoms with Crippen LogP contribution in [0.5, 0.6) is 0 Å². The van der Waals surface area contributed by atoms with Crippen molar-refractivity contribution in [1.29, 1.82) is 0 Å². The minimum atomic E-state index is -0.956. The van der Waals surface area contributed by atoms with Crippen molar-refractivity contribution in [2.75, 3.05) is 10.6 Å². The molecule has 3 rings (SSSR count). The largest absolute Gasteiger partial charge is 0.478 e. The Morgan fingerprint density at radius 1 is 1.13 bits per heavy atom. The highest BCUT2D eigenvalue weighted by Crippen LogP contribution is 2.17. The summed E-state index contributed by atoms with van der Waals surface area (Å²) in [4.78, 5) is 19.1. The highest BCUT2D eigenvalue weighted by molar-refractivity contribution is 5.88. The molecule has 0 spiro atoms. The Hall–Kier alpha value is -3.35. The minimum Gasteiger partial charge on any atom is -0.478 e. The highest BCUT2D eigenvalue weighted by Gasteiger charge is 2.04. The number of nitrogens with zero attached hydrogens (tertiary/aromatic N) is 2. The summed E-state index contributed by atoms with van der Waals surface area (Å²) in [5.74, 6) is 1.11. The first kappa shape index (κ1) is 14.6. The van der Waals surface area contributed by atoms with Gasteiger partial charge in [-0.25, -0.2) is 14.8 Å². The second-order valence-corrected chi connectivity index (χ2v) is 4.73. The molecule has 7 nitrogen and oxygen atoms in total. The van der Waals surface area contributed by atoms with Crippen molar-refractivity contribution in [3.8, 4) is 0 Å². The molecule has 0 atom stereocenters. The SMILES string of the molecule is O=C(O)c1ccc(Nc2cc(NCc3ccco3)ncn2)cc1. The van der Waals surface area contributed by atoms with Crippen LogP contribution < -0.4 is 10.6 Å². The fourth-order valence-corrected chi connectivity index (χ4v) is 1.96. The van der Waals surface area contributed by atoms with Crippen molar-refractivity contribution < 1.29 is 14.3 Å². The maximum Gasteiger partial charge on any atom is 0.335 e. The number of benzene rings is 1. The fourth-order valence-electron chi connectivity index (χ4n) is 1.96. The summed E-state index contributed by atoms with van der Waals surface area (Å²) >= 11 is 0. The number of carbonyl (C=O) groups is 1. The van der Waals surface area contributed by atoms with Crippen molar-refractivity contribution >= 4 is 23.3 Å². The third kappa shape index (κ3) is 3.85. The maximum atomic E-state index is 10.8. The minimum absolute atomic E-state index is 0.235. The summed E-state index contributed by atoms with van der Waals surface area (Å²) < 4.78 is 5.24. The topological polar surface area (TPSA) is 100 Å². The first-order chi connectivity index (χ1) is 11.2. The number of aromatic nitrogens is 2. The molecule has 0 unspecified atom stereocenters. The monoisotopic (exact) mass is 310 g/mol. The molecule has 3 N–H and O–H groups in total. The Morgan fingerprint density at radius 2 is 1.91 bits per heavy atom. The standard InChI is InChI=1S/C16H14N4O3/c21-16(22)11-3-5-12(6-4-11)20-15-8-14(18-10-19-15)17-9-13-2-1-7-23-13/h1-8,10H,9H2,(H,21,22)(H2,17,18,19,20).